The summed E-state index contributed by atoms with van der Waals surface area (Å²) in [4.78, 5) is 10.2. The fourth-order valence-electron chi connectivity index (χ4n) is 3.56. The van der Waals surface area contributed by atoms with E-state index in [1.165, 1.54) is 5.56 Å². The highest BCUT2D eigenvalue weighted by molar-refractivity contribution is 5.73. The van der Waals surface area contributed by atoms with Crippen LogP contribution in [-0.4, -0.2) is 36.1 Å². The Labute approximate surface area is 165 Å². The monoisotopic (exact) mass is 369 g/mol. The number of allylic oxidation sites excluding steroid dienone is 1. The minimum Gasteiger partial charge on any atom is -0.355 e. The van der Waals surface area contributed by atoms with Gasteiger partial charge in [0, 0.05) is 49.2 Å². The van der Waals surface area contributed by atoms with E-state index >= 15 is 0 Å². The van der Waals surface area contributed by atoms with Gasteiger partial charge in [-0.3, -0.25) is 4.98 Å². The quantitative estimate of drug-likeness (QED) is 0.672. The lowest BCUT2D eigenvalue weighted by Crippen LogP contribution is -2.44. The van der Waals surface area contributed by atoms with Crippen molar-refractivity contribution in [1.82, 2.24) is 15.3 Å². The summed E-state index contributed by atoms with van der Waals surface area (Å²) in [6.07, 6.45) is 4.59. The molecule has 3 aromatic rings. The molecule has 1 aromatic carbocycles. The Hall–Kier alpha value is -3.36. The third kappa shape index (κ3) is 3.68. The molecule has 0 atom stereocenters. The zero-order valence-electron chi connectivity index (χ0n) is 15.8. The van der Waals surface area contributed by atoms with Gasteiger partial charge in [0.05, 0.1) is 11.3 Å². The van der Waals surface area contributed by atoms with Gasteiger partial charge in [-0.25, -0.2) is 0 Å². The second-order valence-corrected chi connectivity index (χ2v) is 6.91. The molecule has 3 heterocycles. The number of H-pyrrole nitrogens is 1. The third-order valence-corrected chi connectivity index (χ3v) is 5.05. The van der Waals surface area contributed by atoms with Crippen LogP contribution in [0, 0.1) is 11.3 Å². The van der Waals surface area contributed by atoms with E-state index < -0.39 is 0 Å². The first kappa shape index (κ1) is 18.0. The topological polar surface area (TPSA) is 67.7 Å². The summed E-state index contributed by atoms with van der Waals surface area (Å²) in [6.45, 7) is 7.44. The van der Waals surface area contributed by atoms with Gasteiger partial charge in [0.1, 0.15) is 11.9 Å². The summed E-state index contributed by atoms with van der Waals surface area (Å²) < 4.78 is 0. The maximum atomic E-state index is 9.58. The molecule has 0 aliphatic carbocycles. The minimum absolute atomic E-state index is 0.684. The van der Waals surface area contributed by atoms with Crippen LogP contribution in [0.3, 0.4) is 0 Å². The lowest BCUT2D eigenvalue weighted by Gasteiger charge is -2.28. The van der Waals surface area contributed by atoms with Crippen LogP contribution in [0.25, 0.3) is 22.5 Å². The van der Waals surface area contributed by atoms with Gasteiger partial charge in [-0.05, 0) is 30.2 Å². The van der Waals surface area contributed by atoms with Crippen molar-refractivity contribution in [3.8, 4) is 28.6 Å². The molecule has 1 fully saturated rings. The first-order valence-electron chi connectivity index (χ1n) is 9.54. The molecular formula is C23H23N5. The predicted octanol–water partition coefficient (Wildman–Crippen LogP) is 3.75. The zero-order valence-corrected chi connectivity index (χ0v) is 15.8. The van der Waals surface area contributed by atoms with Gasteiger partial charge in [-0.15, -0.1) is 6.58 Å². The molecular weight excluding hydrogens is 346 g/mol. The van der Waals surface area contributed by atoms with Crippen molar-refractivity contribution >= 4 is 5.82 Å². The number of aromatic nitrogens is 2. The number of pyridine rings is 1. The molecule has 1 aliphatic heterocycles. The standard InChI is InChI=1S/C23H23N5/c1-2-3-17-4-6-18(7-5-17)21-14-19(8-9-26-21)22-15-20(16-24)23(27-22)28-12-10-25-11-13-28/h2,4-9,14-15,25,27H,1,3,10-13H2. The van der Waals surface area contributed by atoms with Gasteiger partial charge in [0.25, 0.3) is 0 Å². The first-order chi connectivity index (χ1) is 13.8. The molecule has 0 spiro atoms. The van der Waals surface area contributed by atoms with E-state index in [-0.39, 0.29) is 0 Å². The highest BCUT2D eigenvalue weighted by atomic mass is 15.2. The van der Waals surface area contributed by atoms with Crippen LogP contribution in [0.5, 0.6) is 0 Å². The molecule has 28 heavy (non-hydrogen) atoms. The van der Waals surface area contributed by atoms with Crippen molar-refractivity contribution in [3.63, 3.8) is 0 Å². The number of nitriles is 1. The number of hydrogen-bond donors (Lipinski definition) is 2. The maximum Gasteiger partial charge on any atom is 0.124 e. The van der Waals surface area contributed by atoms with Crippen molar-refractivity contribution < 1.29 is 0 Å². The van der Waals surface area contributed by atoms with Crippen LogP contribution in [0.2, 0.25) is 0 Å². The van der Waals surface area contributed by atoms with Gasteiger partial charge >= 0.3 is 0 Å². The Bertz CT molecular complexity index is 1000. The summed E-state index contributed by atoms with van der Waals surface area (Å²) in [7, 11) is 0. The number of nitrogens with zero attached hydrogens (tertiary/aromatic N) is 3. The molecule has 2 N–H and O–H groups in total. The number of benzene rings is 1. The lowest BCUT2D eigenvalue weighted by molar-refractivity contribution is 0.585. The molecule has 0 amide bonds. The predicted molar refractivity (Wildman–Crippen MR) is 113 cm³/mol. The van der Waals surface area contributed by atoms with Crippen molar-refractivity contribution in [2.24, 2.45) is 0 Å². The summed E-state index contributed by atoms with van der Waals surface area (Å²) in [6, 6.07) is 16.7. The molecule has 5 nitrogen and oxygen atoms in total. The molecule has 1 aliphatic rings. The zero-order chi connectivity index (χ0) is 19.3. The van der Waals surface area contributed by atoms with E-state index in [4.69, 9.17) is 0 Å². The Balaban J connectivity index is 1.65. The maximum absolute atomic E-state index is 9.58. The van der Waals surface area contributed by atoms with Gasteiger partial charge in [-0.1, -0.05) is 30.3 Å². The summed E-state index contributed by atoms with van der Waals surface area (Å²) in [5.41, 5.74) is 5.88. The molecule has 1 saturated heterocycles. The number of aromatic amines is 1. The van der Waals surface area contributed by atoms with Gasteiger partial charge in [0.2, 0.25) is 0 Å². The number of anilines is 1. The second-order valence-electron chi connectivity index (χ2n) is 6.91. The summed E-state index contributed by atoms with van der Waals surface area (Å²) >= 11 is 0. The molecule has 140 valence electrons. The van der Waals surface area contributed by atoms with Crippen molar-refractivity contribution in [2.45, 2.75) is 6.42 Å². The van der Waals surface area contributed by atoms with Crippen LogP contribution in [0.15, 0.2) is 61.3 Å². The van der Waals surface area contributed by atoms with Crippen LogP contribution >= 0.6 is 0 Å². The fourth-order valence-corrected chi connectivity index (χ4v) is 3.56. The van der Waals surface area contributed by atoms with E-state index in [9.17, 15) is 5.26 Å². The van der Waals surface area contributed by atoms with Crippen molar-refractivity contribution in [3.05, 3.63) is 72.4 Å². The highest BCUT2D eigenvalue weighted by Crippen LogP contribution is 2.29. The molecule has 5 heteroatoms. The van der Waals surface area contributed by atoms with Gasteiger partial charge in [-0.2, -0.15) is 5.26 Å². The third-order valence-electron chi connectivity index (χ3n) is 5.05. The van der Waals surface area contributed by atoms with Gasteiger partial charge < -0.3 is 15.2 Å². The Kier molecular flexibility index (Phi) is 5.22. The van der Waals surface area contributed by atoms with E-state index in [1.807, 2.05) is 24.4 Å². The normalized spacial score (nSPS) is 13.9. The fraction of sp³-hybridized carbons (Fsp3) is 0.217. The Morgan fingerprint density at radius 1 is 1.11 bits per heavy atom. The molecule has 0 radical (unpaired) electrons. The van der Waals surface area contributed by atoms with E-state index in [2.05, 4.69) is 63.2 Å². The smallest absolute Gasteiger partial charge is 0.124 e. The lowest BCUT2D eigenvalue weighted by atomic mass is 10.0. The minimum atomic E-state index is 0.684. The summed E-state index contributed by atoms with van der Waals surface area (Å²) in [5, 5.41) is 12.9. The number of piperazine rings is 1. The SMILES string of the molecule is C=CCc1ccc(-c2cc(-c3cc(C#N)c(N4CCNCC4)[nH]3)ccn2)cc1. The van der Waals surface area contributed by atoms with Crippen LogP contribution in [0.1, 0.15) is 11.1 Å². The second kappa shape index (κ2) is 8.12. The van der Waals surface area contributed by atoms with Crippen LogP contribution < -0.4 is 10.2 Å². The first-order valence-corrected chi connectivity index (χ1v) is 9.54. The Morgan fingerprint density at radius 3 is 2.61 bits per heavy atom. The largest absolute Gasteiger partial charge is 0.355 e. The average Bonchev–Trinajstić information content (AvgIpc) is 3.20. The molecule has 0 bridgehead atoms. The van der Waals surface area contributed by atoms with Crippen LogP contribution in [0.4, 0.5) is 5.82 Å². The van der Waals surface area contributed by atoms with E-state index in [1.54, 1.807) is 0 Å². The van der Waals surface area contributed by atoms with Crippen molar-refractivity contribution in [2.75, 3.05) is 31.1 Å². The van der Waals surface area contributed by atoms with Crippen molar-refractivity contribution in [1.29, 1.82) is 5.26 Å². The highest BCUT2D eigenvalue weighted by Gasteiger charge is 2.18. The van der Waals surface area contributed by atoms with Crippen LogP contribution in [-0.2, 0) is 6.42 Å². The van der Waals surface area contributed by atoms with E-state index in [0.29, 0.717) is 5.56 Å². The van der Waals surface area contributed by atoms with Gasteiger partial charge in [0.15, 0.2) is 0 Å². The molecule has 2 aromatic heterocycles. The molecule has 0 unspecified atom stereocenters. The average molecular weight is 369 g/mol. The number of hydrogen-bond acceptors (Lipinski definition) is 4. The summed E-state index contributed by atoms with van der Waals surface area (Å²) in [5.74, 6) is 0.908. The number of rotatable bonds is 5. The Morgan fingerprint density at radius 2 is 1.89 bits per heavy atom. The number of nitrogens with one attached hydrogen (secondary N) is 2. The molecule has 0 saturated carbocycles. The molecule has 4 rings (SSSR count). The van der Waals surface area contributed by atoms with E-state index in [0.717, 1.165) is 60.9 Å².